The highest BCUT2D eigenvalue weighted by Crippen LogP contribution is 2.26. The Morgan fingerprint density at radius 2 is 2.26 bits per heavy atom. The van der Waals surface area contributed by atoms with Gasteiger partial charge in [0, 0.05) is 13.2 Å². The molecule has 0 aliphatic rings. The number of aromatic carboxylic acids is 1. The first kappa shape index (κ1) is 15.9. The van der Waals surface area contributed by atoms with Gasteiger partial charge >= 0.3 is 5.97 Å². The Kier molecular flexibility index (Phi) is 6.26. The van der Waals surface area contributed by atoms with Gasteiger partial charge in [0.25, 0.3) is 0 Å². The predicted molar refractivity (Wildman–Crippen MR) is 74.0 cm³/mol. The topological polar surface area (TPSA) is 88.5 Å². The van der Waals surface area contributed by atoms with Gasteiger partial charge in [-0.15, -0.1) is 11.3 Å². The van der Waals surface area contributed by atoms with Crippen LogP contribution in [0.3, 0.4) is 0 Å². The normalized spacial score (nSPS) is 12.2. The second-order valence-corrected chi connectivity index (χ2v) is 6.13. The lowest BCUT2D eigenvalue weighted by atomic mass is 10.3. The smallest absolute Gasteiger partial charge is 0.347 e. The Labute approximate surface area is 119 Å². The minimum atomic E-state index is -0.986. The van der Waals surface area contributed by atoms with Crippen molar-refractivity contribution in [3.63, 3.8) is 0 Å². The van der Waals surface area contributed by atoms with Gasteiger partial charge in [0.05, 0.1) is 18.1 Å². The van der Waals surface area contributed by atoms with Gasteiger partial charge in [-0.2, -0.15) is 0 Å². The lowest BCUT2D eigenvalue weighted by molar-refractivity contribution is -0.119. The molecule has 1 atom stereocenters. The third-order valence-electron chi connectivity index (χ3n) is 2.12. The van der Waals surface area contributed by atoms with Gasteiger partial charge in [-0.25, -0.2) is 9.78 Å². The summed E-state index contributed by atoms with van der Waals surface area (Å²) in [6.07, 6.45) is 0. The molecule has 2 N–H and O–H groups in total. The maximum absolute atomic E-state index is 11.6. The number of carboxylic acids is 1. The molecule has 1 rings (SSSR count). The van der Waals surface area contributed by atoms with E-state index in [0.717, 1.165) is 11.3 Å². The number of ether oxygens (including phenoxy) is 1. The Hall–Kier alpha value is -1.12. The molecule has 1 aromatic rings. The van der Waals surface area contributed by atoms with Crippen LogP contribution < -0.4 is 5.32 Å². The molecule has 0 bridgehead atoms. The Balaban J connectivity index is 2.46. The molecule has 0 aliphatic carbocycles. The summed E-state index contributed by atoms with van der Waals surface area (Å²) in [4.78, 5) is 26.8. The standard InChI is InChI=1S/C11H16N2O4S2/c1-6(4-17-3)12-8(14)5-18-11-13-7(2)9(19-11)10(15)16/h6H,4-5H2,1-3H3,(H,12,14)(H,15,16). The molecule has 0 aromatic carbocycles. The molecule has 8 heteroatoms. The maximum atomic E-state index is 11.6. The summed E-state index contributed by atoms with van der Waals surface area (Å²) in [5.74, 6) is -0.903. The van der Waals surface area contributed by atoms with Crippen LogP contribution in [0.5, 0.6) is 0 Å². The largest absolute Gasteiger partial charge is 0.477 e. The summed E-state index contributed by atoms with van der Waals surface area (Å²) in [5, 5.41) is 11.7. The van der Waals surface area contributed by atoms with Gasteiger partial charge in [-0.3, -0.25) is 4.79 Å². The minimum Gasteiger partial charge on any atom is -0.477 e. The van der Waals surface area contributed by atoms with Gasteiger partial charge in [-0.05, 0) is 13.8 Å². The van der Waals surface area contributed by atoms with Gasteiger partial charge in [-0.1, -0.05) is 11.8 Å². The average Bonchev–Trinajstić information content (AvgIpc) is 2.68. The van der Waals surface area contributed by atoms with E-state index in [1.54, 1.807) is 14.0 Å². The number of methoxy groups -OCH3 is 1. The number of aromatic nitrogens is 1. The molecule has 1 aromatic heterocycles. The van der Waals surface area contributed by atoms with Crippen LogP contribution >= 0.6 is 23.1 Å². The van der Waals surface area contributed by atoms with Crippen molar-refractivity contribution in [3.05, 3.63) is 10.6 Å². The number of rotatable bonds is 7. The van der Waals surface area contributed by atoms with E-state index in [2.05, 4.69) is 10.3 Å². The highest BCUT2D eigenvalue weighted by molar-refractivity contribution is 8.01. The summed E-state index contributed by atoms with van der Waals surface area (Å²) < 4.78 is 5.50. The van der Waals surface area contributed by atoms with Crippen LogP contribution in [0, 0.1) is 6.92 Å². The summed E-state index contributed by atoms with van der Waals surface area (Å²) in [6.45, 7) is 3.95. The zero-order valence-corrected chi connectivity index (χ0v) is 12.6. The Morgan fingerprint density at radius 3 is 2.79 bits per heavy atom. The number of hydrogen-bond acceptors (Lipinski definition) is 6. The fourth-order valence-electron chi connectivity index (χ4n) is 1.37. The van der Waals surface area contributed by atoms with Crippen molar-refractivity contribution < 1.29 is 19.4 Å². The number of carbonyl (C=O) groups is 2. The number of thiazole rings is 1. The van der Waals surface area contributed by atoms with Crippen molar-refractivity contribution >= 4 is 35.0 Å². The molecular formula is C11H16N2O4S2. The van der Waals surface area contributed by atoms with Crippen molar-refractivity contribution in [2.75, 3.05) is 19.5 Å². The van der Waals surface area contributed by atoms with Gasteiger partial charge in [0.15, 0.2) is 4.34 Å². The zero-order chi connectivity index (χ0) is 14.4. The molecule has 0 fully saturated rings. The fourth-order valence-corrected chi connectivity index (χ4v) is 3.21. The van der Waals surface area contributed by atoms with Crippen molar-refractivity contribution in [2.45, 2.75) is 24.2 Å². The Bertz CT molecular complexity index is 462. The number of nitrogens with zero attached hydrogens (tertiary/aromatic N) is 1. The van der Waals surface area contributed by atoms with Crippen molar-refractivity contribution in [1.82, 2.24) is 10.3 Å². The summed E-state index contributed by atoms with van der Waals surface area (Å²) in [6, 6.07) is -0.0503. The third-order valence-corrected chi connectivity index (χ3v) is 4.41. The van der Waals surface area contributed by atoms with E-state index >= 15 is 0 Å². The van der Waals surface area contributed by atoms with Gasteiger partial charge < -0.3 is 15.2 Å². The van der Waals surface area contributed by atoms with E-state index < -0.39 is 5.97 Å². The van der Waals surface area contributed by atoms with E-state index in [4.69, 9.17) is 9.84 Å². The molecule has 0 aliphatic heterocycles. The van der Waals surface area contributed by atoms with Crippen LogP contribution in [0.15, 0.2) is 4.34 Å². The number of carboxylic acid groups (broad SMARTS) is 1. The maximum Gasteiger partial charge on any atom is 0.347 e. The average molecular weight is 304 g/mol. The number of nitrogens with one attached hydrogen (secondary N) is 1. The van der Waals surface area contributed by atoms with E-state index in [9.17, 15) is 9.59 Å². The van der Waals surface area contributed by atoms with Gasteiger partial charge in [0.2, 0.25) is 5.91 Å². The fraction of sp³-hybridized carbons (Fsp3) is 0.545. The lowest BCUT2D eigenvalue weighted by Crippen LogP contribution is -2.36. The van der Waals surface area contributed by atoms with Crippen LogP contribution in [0.4, 0.5) is 0 Å². The Morgan fingerprint density at radius 1 is 1.58 bits per heavy atom. The quantitative estimate of drug-likeness (QED) is 0.740. The molecule has 1 unspecified atom stereocenters. The zero-order valence-electron chi connectivity index (χ0n) is 10.9. The first-order valence-electron chi connectivity index (χ1n) is 5.55. The SMILES string of the molecule is COCC(C)NC(=O)CSc1nc(C)c(C(=O)O)s1. The number of aryl methyl sites for hydroxylation is 1. The highest BCUT2D eigenvalue weighted by Gasteiger charge is 2.15. The predicted octanol–water partition coefficient (Wildman–Crippen LogP) is 1.39. The van der Waals surface area contributed by atoms with Crippen LogP contribution in [-0.2, 0) is 9.53 Å². The first-order chi connectivity index (χ1) is 8.93. The molecule has 1 heterocycles. The van der Waals surface area contributed by atoms with E-state index in [1.165, 1.54) is 11.8 Å². The van der Waals surface area contributed by atoms with Gasteiger partial charge in [0.1, 0.15) is 4.88 Å². The van der Waals surface area contributed by atoms with Crippen LogP contribution in [-0.4, -0.2) is 47.5 Å². The summed E-state index contributed by atoms with van der Waals surface area (Å²) in [5.41, 5.74) is 0.480. The lowest BCUT2D eigenvalue weighted by Gasteiger charge is -2.11. The summed E-state index contributed by atoms with van der Waals surface area (Å²) >= 11 is 2.32. The van der Waals surface area contributed by atoms with Crippen LogP contribution in [0.1, 0.15) is 22.3 Å². The molecule has 0 saturated carbocycles. The van der Waals surface area contributed by atoms with E-state index in [0.29, 0.717) is 16.6 Å². The molecule has 0 radical (unpaired) electrons. The second-order valence-electron chi connectivity index (χ2n) is 3.91. The number of hydrogen-bond donors (Lipinski definition) is 2. The van der Waals surface area contributed by atoms with Crippen molar-refractivity contribution in [3.8, 4) is 0 Å². The van der Waals surface area contributed by atoms with Crippen molar-refractivity contribution in [1.29, 1.82) is 0 Å². The van der Waals surface area contributed by atoms with Crippen LogP contribution in [0.2, 0.25) is 0 Å². The first-order valence-corrected chi connectivity index (χ1v) is 7.36. The molecule has 0 saturated heterocycles. The molecule has 106 valence electrons. The number of carbonyl (C=O) groups excluding carboxylic acids is 1. The molecule has 0 spiro atoms. The van der Waals surface area contributed by atoms with E-state index in [1.807, 2.05) is 6.92 Å². The monoisotopic (exact) mass is 304 g/mol. The minimum absolute atomic E-state index is 0.0503. The van der Waals surface area contributed by atoms with Crippen molar-refractivity contribution in [2.24, 2.45) is 0 Å². The van der Waals surface area contributed by atoms with E-state index in [-0.39, 0.29) is 22.6 Å². The molecule has 6 nitrogen and oxygen atoms in total. The van der Waals surface area contributed by atoms with Crippen LogP contribution in [0.25, 0.3) is 0 Å². The molecule has 1 amide bonds. The second kappa shape index (κ2) is 7.46. The number of thioether (sulfide) groups is 1. The molecular weight excluding hydrogens is 288 g/mol. The highest BCUT2D eigenvalue weighted by atomic mass is 32.2. The number of amides is 1. The third kappa shape index (κ3) is 5.17. The molecule has 19 heavy (non-hydrogen) atoms. The summed E-state index contributed by atoms with van der Waals surface area (Å²) in [7, 11) is 1.57.